The summed E-state index contributed by atoms with van der Waals surface area (Å²) in [7, 11) is 0. The maximum Gasteiger partial charge on any atom is 0.171 e. The average Bonchev–Trinajstić information content (AvgIpc) is 2.29. The lowest BCUT2D eigenvalue weighted by atomic mass is 9.99. The van der Waals surface area contributed by atoms with Crippen LogP contribution in [-0.2, 0) is 0 Å². The van der Waals surface area contributed by atoms with Gasteiger partial charge in [-0.3, -0.25) is 5.43 Å². The second kappa shape index (κ2) is 5.25. The van der Waals surface area contributed by atoms with Crippen molar-refractivity contribution in [2.24, 2.45) is 5.10 Å². The number of rotatable bonds is 2. The zero-order chi connectivity index (χ0) is 11.4. The van der Waals surface area contributed by atoms with E-state index >= 15 is 0 Å². The van der Waals surface area contributed by atoms with Crippen LogP contribution in [0.4, 0.5) is 5.82 Å². The SMILES string of the molecule is Cc1cc(Cl)nnc1NN=C1CCCCC1. The molecule has 1 aliphatic rings. The molecule has 0 bridgehead atoms. The predicted octanol–water partition coefficient (Wildman–Crippen LogP) is 3.17. The van der Waals surface area contributed by atoms with Crippen molar-refractivity contribution in [2.45, 2.75) is 39.0 Å². The van der Waals surface area contributed by atoms with Gasteiger partial charge in [-0.1, -0.05) is 18.0 Å². The Morgan fingerprint density at radius 3 is 2.69 bits per heavy atom. The van der Waals surface area contributed by atoms with E-state index in [1.54, 1.807) is 6.07 Å². The second-order valence-corrected chi connectivity index (χ2v) is 4.44. The Morgan fingerprint density at radius 2 is 2.00 bits per heavy atom. The summed E-state index contributed by atoms with van der Waals surface area (Å²) in [6.07, 6.45) is 5.98. The zero-order valence-electron chi connectivity index (χ0n) is 9.33. The van der Waals surface area contributed by atoms with Gasteiger partial charge in [-0.25, -0.2) is 0 Å². The molecule has 0 aliphatic heterocycles. The van der Waals surface area contributed by atoms with Crippen molar-refractivity contribution >= 4 is 23.1 Å². The van der Waals surface area contributed by atoms with E-state index < -0.39 is 0 Å². The first kappa shape index (κ1) is 11.3. The molecule has 0 unspecified atom stereocenters. The maximum absolute atomic E-state index is 5.73. The van der Waals surface area contributed by atoms with Crippen molar-refractivity contribution in [3.05, 3.63) is 16.8 Å². The summed E-state index contributed by atoms with van der Waals surface area (Å²) in [6, 6.07) is 1.78. The Hall–Kier alpha value is -1.16. The molecule has 1 N–H and O–H groups in total. The fraction of sp³-hybridized carbons (Fsp3) is 0.545. The molecule has 1 fully saturated rings. The van der Waals surface area contributed by atoms with Crippen LogP contribution in [0.5, 0.6) is 0 Å². The first-order valence-electron chi connectivity index (χ1n) is 5.57. The van der Waals surface area contributed by atoms with E-state index in [4.69, 9.17) is 11.6 Å². The van der Waals surface area contributed by atoms with Crippen molar-refractivity contribution in [3.8, 4) is 0 Å². The molecular formula is C11H15ClN4. The molecule has 5 heteroatoms. The van der Waals surface area contributed by atoms with Gasteiger partial charge in [-0.05, 0) is 44.2 Å². The lowest BCUT2D eigenvalue weighted by molar-refractivity contribution is 0.665. The van der Waals surface area contributed by atoms with Gasteiger partial charge in [-0.15, -0.1) is 10.2 Å². The number of halogens is 1. The Labute approximate surface area is 100 Å². The molecule has 0 amide bonds. The van der Waals surface area contributed by atoms with Crippen molar-refractivity contribution in [3.63, 3.8) is 0 Å². The molecule has 0 spiro atoms. The highest BCUT2D eigenvalue weighted by atomic mass is 35.5. The summed E-state index contributed by atoms with van der Waals surface area (Å²) in [5.74, 6) is 0.683. The molecule has 86 valence electrons. The summed E-state index contributed by atoms with van der Waals surface area (Å²) in [5.41, 5.74) is 5.15. The van der Waals surface area contributed by atoms with E-state index in [-0.39, 0.29) is 0 Å². The van der Waals surface area contributed by atoms with E-state index in [2.05, 4.69) is 20.7 Å². The predicted molar refractivity (Wildman–Crippen MR) is 65.9 cm³/mol. The molecule has 0 saturated heterocycles. The number of aromatic nitrogens is 2. The summed E-state index contributed by atoms with van der Waals surface area (Å²) in [6.45, 7) is 1.93. The number of anilines is 1. The quantitative estimate of drug-likeness (QED) is 0.806. The highest BCUT2D eigenvalue weighted by molar-refractivity contribution is 6.29. The van der Waals surface area contributed by atoms with Gasteiger partial charge in [0, 0.05) is 5.71 Å². The molecule has 1 aliphatic carbocycles. The third kappa shape index (κ3) is 2.92. The van der Waals surface area contributed by atoms with Crippen LogP contribution in [0.25, 0.3) is 0 Å². The normalized spacial score (nSPS) is 16.0. The van der Waals surface area contributed by atoms with Crippen molar-refractivity contribution in [2.75, 3.05) is 5.43 Å². The molecule has 16 heavy (non-hydrogen) atoms. The van der Waals surface area contributed by atoms with Gasteiger partial charge in [0.2, 0.25) is 0 Å². The van der Waals surface area contributed by atoms with Gasteiger partial charge in [0.25, 0.3) is 0 Å². The molecule has 4 nitrogen and oxygen atoms in total. The van der Waals surface area contributed by atoms with Gasteiger partial charge < -0.3 is 0 Å². The van der Waals surface area contributed by atoms with E-state index in [1.807, 2.05) is 6.92 Å². The van der Waals surface area contributed by atoms with Crippen LogP contribution in [0.1, 0.15) is 37.7 Å². The van der Waals surface area contributed by atoms with Gasteiger partial charge in [0.15, 0.2) is 11.0 Å². The van der Waals surface area contributed by atoms with Gasteiger partial charge in [-0.2, -0.15) is 5.10 Å². The van der Waals surface area contributed by atoms with Crippen LogP contribution in [0.2, 0.25) is 5.15 Å². The Kier molecular flexibility index (Phi) is 3.72. The lowest BCUT2D eigenvalue weighted by Crippen LogP contribution is -2.08. The minimum Gasteiger partial charge on any atom is -0.260 e. The second-order valence-electron chi connectivity index (χ2n) is 4.05. The van der Waals surface area contributed by atoms with E-state index in [9.17, 15) is 0 Å². The summed E-state index contributed by atoms with van der Waals surface area (Å²) in [4.78, 5) is 0. The summed E-state index contributed by atoms with van der Waals surface area (Å²) < 4.78 is 0. The Bertz CT molecular complexity index is 395. The van der Waals surface area contributed by atoms with E-state index in [0.29, 0.717) is 11.0 Å². The minimum absolute atomic E-state index is 0.411. The fourth-order valence-corrected chi connectivity index (χ4v) is 1.97. The van der Waals surface area contributed by atoms with E-state index in [1.165, 1.54) is 25.0 Å². The highest BCUT2D eigenvalue weighted by Gasteiger charge is 2.07. The highest BCUT2D eigenvalue weighted by Crippen LogP contribution is 2.17. The largest absolute Gasteiger partial charge is 0.260 e. The molecule has 1 heterocycles. The topological polar surface area (TPSA) is 50.2 Å². The van der Waals surface area contributed by atoms with Crippen LogP contribution in [0.15, 0.2) is 11.2 Å². The zero-order valence-corrected chi connectivity index (χ0v) is 10.1. The van der Waals surface area contributed by atoms with Crippen LogP contribution in [0, 0.1) is 6.92 Å². The molecule has 2 rings (SSSR count). The van der Waals surface area contributed by atoms with E-state index in [0.717, 1.165) is 18.4 Å². The number of nitrogens with zero attached hydrogens (tertiary/aromatic N) is 3. The molecular weight excluding hydrogens is 224 g/mol. The molecule has 1 aromatic rings. The van der Waals surface area contributed by atoms with Crippen molar-refractivity contribution < 1.29 is 0 Å². The summed E-state index contributed by atoms with van der Waals surface area (Å²) in [5, 5.41) is 12.5. The fourth-order valence-electron chi connectivity index (χ4n) is 1.77. The molecule has 0 atom stereocenters. The van der Waals surface area contributed by atoms with Crippen LogP contribution in [0.3, 0.4) is 0 Å². The summed E-state index contributed by atoms with van der Waals surface area (Å²) >= 11 is 5.73. The number of hydrogen-bond donors (Lipinski definition) is 1. The third-order valence-corrected chi connectivity index (χ3v) is 2.89. The minimum atomic E-state index is 0.411. The van der Waals surface area contributed by atoms with Crippen LogP contribution >= 0.6 is 11.6 Å². The molecule has 1 aromatic heterocycles. The third-order valence-electron chi connectivity index (χ3n) is 2.71. The molecule has 0 aromatic carbocycles. The van der Waals surface area contributed by atoms with Gasteiger partial charge in [0.05, 0.1) is 0 Å². The Morgan fingerprint density at radius 1 is 1.25 bits per heavy atom. The first-order chi connectivity index (χ1) is 7.75. The van der Waals surface area contributed by atoms with Crippen LogP contribution < -0.4 is 5.43 Å². The monoisotopic (exact) mass is 238 g/mol. The molecule has 1 saturated carbocycles. The van der Waals surface area contributed by atoms with Crippen molar-refractivity contribution in [1.82, 2.24) is 10.2 Å². The van der Waals surface area contributed by atoms with Gasteiger partial charge in [0.1, 0.15) is 0 Å². The van der Waals surface area contributed by atoms with Gasteiger partial charge >= 0.3 is 0 Å². The lowest BCUT2D eigenvalue weighted by Gasteiger charge is -2.12. The maximum atomic E-state index is 5.73. The van der Waals surface area contributed by atoms with Crippen LogP contribution in [-0.4, -0.2) is 15.9 Å². The van der Waals surface area contributed by atoms with Crippen molar-refractivity contribution in [1.29, 1.82) is 0 Å². The Balaban J connectivity index is 2.03. The number of nitrogens with one attached hydrogen (secondary N) is 1. The molecule has 0 radical (unpaired) electrons. The number of hydrazone groups is 1. The standard InChI is InChI=1S/C11H15ClN4/c1-8-7-10(12)14-16-11(8)15-13-9-5-3-2-4-6-9/h7H,2-6H2,1H3,(H,15,16). The smallest absolute Gasteiger partial charge is 0.171 e. The first-order valence-corrected chi connectivity index (χ1v) is 5.95. The number of hydrogen-bond acceptors (Lipinski definition) is 4. The number of aryl methyl sites for hydroxylation is 1. The average molecular weight is 239 g/mol.